The zero-order valence-corrected chi connectivity index (χ0v) is 16.0. The lowest BCUT2D eigenvalue weighted by Crippen LogP contribution is -2.06. The van der Waals surface area contributed by atoms with Crippen LogP contribution in [0.4, 0.5) is 45.5 Å². The summed E-state index contributed by atoms with van der Waals surface area (Å²) in [6, 6.07) is 0.573. The van der Waals surface area contributed by atoms with Crippen LogP contribution in [0.15, 0.2) is 12.1 Å². The Morgan fingerprint density at radius 3 is 0.971 bits per heavy atom. The van der Waals surface area contributed by atoms with E-state index in [1.54, 1.807) is 0 Å². The molecule has 176 valence electrons. The van der Waals surface area contributed by atoms with Gasteiger partial charge in [-0.25, -0.2) is 0 Å². The largest absolute Gasteiger partial charge is 0.387 e. The molecule has 0 saturated heterocycles. The average molecular weight is 480 g/mol. The zero-order chi connectivity index (χ0) is 26.1. The van der Waals surface area contributed by atoms with Gasteiger partial charge in [-0.3, -0.25) is 60.7 Å². The summed E-state index contributed by atoms with van der Waals surface area (Å²) in [5.41, 5.74) is -0.910. The van der Waals surface area contributed by atoms with E-state index >= 15 is 0 Å². The van der Waals surface area contributed by atoms with Gasteiger partial charge in [0.1, 0.15) is 11.1 Å². The third-order valence-electron chi connectivity index (χ3n) is 4.24. The van der Waals surface area contributed by atoms with Gasteiger partial charge in [-0.15, -0.1) is 0 Å². The van der Waals surface area contributed by atoms with E-state index in [0.29, 0.717) is 12.2 Å². The highest BCUT2D eigenvalue weighted by Gasteiger charge is 2.37. The molecule has 20 heteroatoms. The van der Waals surface area contributed by atoms with Crippen LogP contribution in [0.3, 0.4) is 0 Å². The highest BCUT2D eigenvalue weighted by atomic mass is 16.6. The lowest BCUT2D eigenvalue weighted by Gasteiger charge is -2.06. The van der Waals surface area contributed by atoms with Crippen molar-refractivity contribution in [2.24, 2.45) is 0 Å². The summed E-state index contributed by atoms with van der Waals surface area (Å²) in [6.07, 6.45) is 0.883. The van der Waals surface area contributed by atoms with Crippen molar-refractivity contribution in [1.29, 1.82) is 0 Å². The molecule has 2 rings (SSSR count). The van der Waals surface area contributed by atoms with E-state index < -0.39 is 86.2 Å². The number of hydrogen-bond donors (Lipinski definition) is 2. The van der Waals surface area contributed by atoms with Crippen LogP contribution in [-0.4, -0.2) is 29.5 Å². The maximum atomic E-state index is 11.5. The first kappa shape index (κ1) is 24.4. The Morgan fingerprint density at radius 1 is 0.500 bits per heavy atom. The van der Waals surface area contributed by atoms with E-state index in [9.17, 15) is 60.7 Å². The fourth-order valence-corrected chi connectivity index (χ4v) is 2.84. The summed E-state index contributed by atoms with van der Waals surface area (Å²) < 4.78 is 0. The summed E-state index contributed by atoms with van der Waals surface area (Å²) in [5, 5.41) is 67.8. The number of nitrogens with zero attached hydrogens (tertiary/aromatic N) is 6. The van der Waals surface area contributed by atoms with Crippen molar-refractivity contribution in [1.82, 2.24) is 0 Å². The number of nitrogens with two attached hydrogens (primary N) is 2. The highest BCUT2D eigenvalue weighted by molar-refractivity contribution is 5.93. The Bertz CT molecular complexity index is 1250. The van der Waals surface area contributed by atoms with Gasteiger partial charge in [0.25, 0.3) is 11.4 Å². The maximum Gasteiger partial charge on any atom is 0.313 e. The molecule has 0 spiro atoms. The Morgan fingerprint density at radius 2 is 0.765 bits per heavy atom. The first-order valence-electron chi connectivity index (χ1n) is 8.18. The van der Waals surface area contributed by atoms with Crippen LogP contribution >= 0.6 is 0 Å². The first-order valence-corrected chi connectivity index (χ1v) is 8.18. The number of hydrogen-bond acceptors (Lipinski definition) is 14. The summed E-state index contributed by atoms with van der Waals surface area (Å²) >= 11 is 0. The third kappa shape index (κ3) is 4.16. The molecule has 20 nitrogen and oxygen atoms in total. The minimum atomic E-state index is -1.34. The predicted octanol–water partition coefficient (Wildman–Crippen LogP) is 2.47. The number of benzene rings is 2. The van der Waals surface area contributed by atoms with Gasteiger partial charge in [-0.1, -0.05) is 0 Å². The fourth-order valence-electron chi connectivity index (χ4n) is 2.84. The van der Waals surface area contributed by atoms with Crippen LogP contribution in [0.1, 0.15) is 11.1 Å². The normalized spacial score (nSPS) is 10.7. The summed E-state index contributed by atoms with van der Waals surface area (Å²) in [6.45, 7) is 0. The van der Waals surface area contributed by atoms with Crippen LogP contribution < -0.4 is 11.5 Å². The van der Waals surface area contributed by atoms with Crippen LogP contribution in [-0.2, 0) is 0 Å². The molecule has 0 aromatic heterocycles. The van der Waals surface area contributed by atoms with Crippen molar-refractivity contribution in [2.45, 2.75) is 0 Å². The topological polar surface area (TPSA) is 311 Å². The van der Waals surface area contributed by atoms with Gasteiger partial charge in [0.2, 0.25) is 0 Å². The molecule has 0 unspecified atom stereocenters. The highest BCUT2D eigenvalue weighted by Crippen LogP contribution is 2.44. The Hall–Kier alpha value is -5.82. The second kappa shape index (κ2) is 8.74. The van der Waals surface area contributed by atoms with E-state index in [1.165, 1.54) is 0 Å². The molecule has 2 aromatic carbocycles. The molecular formula is C14H8N8O12. The maximum absolute atomic E-state index is 11.5. The SMILES string of the molecule is Nc1c([N+](=O)[O-])cc([N+](=O)[O-])c(C=Cc2c([N+](=O)[O-])cc([N+](=O)[O-])c(N)c2[N+](=O)[O-])c1[N+](=O)[O-]. The van der Waals surface area contributed by atoms with Crippen LogP contribution in [0, 0.1) is 60.7 Å². The Balaban J connectivity index is 3.02. The van der Waals surface area contributed by atoms with Gasteiger partial charge < -0.3 is 11.5 Å². The minimum absolute atomic E-state index is 0.287. The van der Waals surface area contributed by atoms with Gasteiger partial charge in [-0.2, -0.15) is 0 Å². The van der Waals surface area contributed by atoms with Crippen molar-refractivity contribution < 1.29 is 29.5 Å². The van der Waals surface area contributed by atoms with E-state index in [-0.39, 0.29) is 12.1 Å². The lowest BCUT2D eigenvalue weighted by atomic mass is 10.0. The van der Waals surface area contributed by atoms with Crippen LogP contribution in [0.25, 0.3) is 12.2 Å². The van der Waals surface area contributed by atoms with Gasteiger partial charge in [0.05, 0.1) is 41.7 Å². The molecule has 0 bridgehead atoms. The van der Waals surface area contributed by atoms with Crippen molar-refractivity contribution in [3.8, 4) is 0 Å². The molecule has 0 fully saturated rings. The molecule has 4 N–H and O–H groups in total. The van der Waals surface area contributed by atoms with Crippen molar-refractivity contribution >= 4 is 57.7 Å². The average Bonchev–Trinajstić information content (AvgIpc) is 2.70. The molecule has 0 aliphatic carbocycles. The molecule has 0 amide bonds. The predicted molar refractivity (Wildman–Crippen MR) is 111 cm³/mol. The number of nitro benzene ring substituents is 6. The zero-order valence-electron chi connectivity index (χ0n) is 16.0. The minimum Gasteiger partial charge on any atom is -0.387 e. The number of nitrogen functional groups attached to an aromatic ring is 2. The molecule has 0 aliphatic rings. The molecule has 0 radical (unpaired) electrons. The second-order valence-electron chi connectivity index (χ2n) is 6.06. The summed E-state index contributed by atoms with van der Waals surface area (Å²) in [7, 11) is 0. The lowest BCUT2D eigenvalue weighted by molar-refractivity contribution is -0.402. The van der Waals surface area contributed by atoms with Crippen molar-refractivity contribution in [2.75, 3.05) is 11.5 Å². The van der Waals surface area contributed by atoms with E-state index in [2.05, 4.69) is 0 Å². The van der Waals surface area contributed by atoms with Gasteiger partial charge in [-0.05, 0) is 12.2 Å². The van der Waals surface area contributed by atoms with E-state index in [0.717, 1.165) is 0 Å². The summed E-state index contributed by atoms with van der Waals surface area (Å²) in [5.74, 6) is 0. The summed E-state index contributed by atoms with van der Waals surface area (Å²) in [4.78, 5) is 60.3. The first-order chi connectivity index (χ1) is 15.7. The second-order valence-corrected chi connectivity index (χ2v) is 6.06. The van der Waals surface area contributed by atoms with Crippen LogP contribution in [0.2, 0.25) is 0 Å². The standard InChI is InChI=1S/C14H8N8O12/c15-11-9(19(27)28)3-7(17(23)24)5(13(11)21(31)32)1-2-6-8(18(25)26)4-10(20(29)30)12(16)14(6)22(33)34/h1-4H,15-16H2. The van der Waals surface area contributed by atoms with Gasteiger partial charge in [0, 0.05) is 0 Å². The third-order valence-corrected chi connectivity index (χ3v) is 4.24. The Labute approximate surface area is 183 Å². The van der Waals surface area contributed by atoms with Crippen LogP contribution in [0.5, 0.6) is 0 Å². The van der Waals surface area contributed by atoms with Gasteiger partial charge >= 0.3 is 22.7 Å². The monoisotopic (exact) mass is 480 g/mol. The quantitative estimate of drug-likeness (QED) is 0.237. The molecule has 0 heterocycles. The van der Waals surface area contributed by atoms with Crippen molar-refractivity contribution in [3.05, 3.63) is 83.9 Å². The molecule has 0 aliphatic heterocycles. The molecular weight excluding hydrogens is 472 g/mol. The fraction of sp³-hybridized carbons (Fsp3) is 0. The van der Waals surface area contributed by atoms with E-state index in [4.69, 9.17) is 11.5 Å². The number of anilines is 2. The molecule has 0 saturated carbocycles. The smallest absolute Gasteiger partial charge is 0.313 e. The van der Waals surface area contributed by atoms with Gasteiger partial charge in [0.15, 0.2) is 11.4 Å². The molecule has 34 heavy (non-hydrogen) atoms. The van der Waals surface area contributed by atoms with Crippen molar-refractivity contribution in [3.63, 3.8) is 0 Å². The number of nitro groups is 6. The van der Waals surface area contributed by atoms with E-state index in [1.807, 2.05) is 0 Å². The number of rotatable bonds is 8. The molecule has 2 aromatic rings. The molecule has 0 atom stereocenters. The Kier molecular flexibility index (Phi) is 6.28.